The van der Waals surface area contributed by atoms with Crippen LogP contribution < -0.4 is 0 Å². The van der Waals surface area contributed by atoms with Gasteiger partial charge in [-0.3, -0.25) is 0 Å². The van der Waals surface area contributed by atoms with E-state index in [1.165, 1.54) is 30.4 Å². The summed E-state index contributed by atoms with van der Waals surface area (Å²) < 4.78 is 8.92. The first-order chi connectivity index (χ1) is 22.3. The average molecular weight is 596 g/mol. The van der Waals surface area contributed by atoms with E-state index in [1.54, 1.807) is 0 Å². The number of fused-ring (bicyclic) bond motifs is 6. The zero-order chi connectivity index (χ0) is 29.8. The fourth-order valence-electron chi connectivity index (χ4n) is 7.00. The number of furan rings is 1. The molecule has 0 aliphatic carbocycles. The summed E-state index contributed by atoms with van der Waals surface area (Å²) in [5.41, 5.74) is 5.19. The minimum atomic E-state index is -1.81. The van der Waals surface area contributed by atoms with E-state index in [0.29, 0.717) is 0 Å². The molecule has 3 heteroatoms. The van der Waals surface area contributed by atoms with Gasteiger partial charge < -0.3 is 8.98 Å². The minimum absolute atomic E-state index is 0.906. The van der Waals surface area contributed by atoms with Gasteiger partial charge in [0.25, 0.3) is 0 Å². The monoisotopic (exact) mass is 595 g/mol. The topological polar surface area (TPSA) is 18.1 Å². The zero-order valence-electron chi connectivity index (χ0n) is 24.5. The van der Waals surface area contributed by atoms with E-state index in [-0.39, 0.29) is 0 Å². The van der Waals surface area contributed by atoms with E-state index in [9.17, 15) is 0 Å². The maximum absolute atomic E-state index is 6.54. The molecular formula is C42H29NOS. The molecule has 0 saturated heterocycles. The molecular weight excluding hydrogens is 567 g/mol. The third-order valence-electron chi connectivity index (χ3n) is 8.91. The van der Waals surface area contributed by atoms with Gasteiger partial charge in [0.05, 0.1) is 16.7 Å². The van der Waals surface area contributed by atoms with E-state index >= 15 is 0 Å². The molecule has 0 N–H and O–H groups in total. The Hall–Kier alpha value is -5.51. The lowest BCUT2D eigenvalue weighted by molar-refractivity contribution is 0.666. The van der Waals surface area contributed by atoms with Crippen LogP contribution in [0, 0.1) is 0 Å². The first kappa shape index (κ1) is 25.9. The van der Waals surface area contributed by atoms with Crippen molar-refractivity contribution in [3.8, 4) is 5.69 Å². The van der Waals surface area contributed by atoms with Gasteiger partial charge in [0.2, 0.25) is 0 Å². The third-order valence-corrected chi connectivity index (χ3v) is 12.8. The molecule has 2 nitrogen and oxygen atoms in total. The number of hydrogen-bond donors (Lipinski definition) is 0. The summed E-state index contributed by atoms with van der Waals surface area (Å²) in [4.78, 5) is 5.26. The molecule has 0 unspecified atom stereocenters. The van der Waals surface area contributed by atoms with Crippen molar-refractivity contribution in [1.82, 2.24) is 4.57 Å². The zero-order valence-corrected chi connectivity index (χ0v) is 25.3. The summed E-state index contributed by atoms with van der Waals surface area (Å²) in [6, 6.07) is 63.8. The van der Waals surface area contributed by atoms with Crippen LogP contribution in [0.2, 0.25) is 0 Å². The van der Waals surface area contributed by atoms with Crippen molar-refractivity contribution in [3.63, 3.8) is 0 Å². The second-order valence-corrected chi connectivity index (χ2v) is 14.4. The summed E-state index contributed by atoms with van der Waals surface area (Å²) in [5.74, 6) is 0. The smallest absolute Gasteiger partial charge is 0.159 e. The van der Waals surface area contributed by atoms with Gasteiger partial charge in [0.1, 0.15) is 5.58 Å². The lowest BCUT2D eigenvalue weighted by Gasteiger charge is -2.42. The summed E-state index contributed by atoms with van der Waals surface area (Å²) in [6.45, 7) is 0. The molecule has 7 aromatic carbocycles. The number of benzene rings is 7. The van der Waals surface area contributed by atoms with Crippen LogP contribution in [0.5, 0.6) is 0 Å². The maximum atomic E-state index is 6.54. The van der Waals surface area contributed by atoms with Crippen molar-refractivity contribution in [1.29, 1.82) is 0 Å². The predicted molar refractivity (Wildman–Crippen MR) is 188 cm³/mol. The van der Waals surface area contributed by atoms with Crippen molar-refractivity contribution in [2.45, 2.75) is 19.6 Å². The standard InChI is InChI=1S/C42H29NOS/c1-4-15-30(16-5-1)45(31-17-6-2-7-18-31,32-19-8-3-9-20-32)33-27-28-39-37(29-33)34-21-10-12-24-38(34)43(39)40-25-14-23-36-35-22-11-13-26-41(35)44-42(36)40/h1-29H. The van der Waals surface area contributed by atoms with E-state index in [2.05, 4.69) is 174 Å². The van der Waals surface area contributed by atoms with E-state index in [4.69, 9.17) is 4.42 Å². The fraction of sp³-hybridized carbons (Fsp3) is 0. The van der Waals surface area contributed by atoms with Crippen LogP contribution in [-0.2, 0) is 0 Å². The Morgan fingerprint density at radius 2 is 0.911 bits per heavy atom. The first-order valence-electron chi connectivity index (χ1n) is 15.3. The van der Waals surface area contributed by atoms with E-state index in [0.717, 1.165) is 38.7 Å². The Labute approximate surface area is 263 Å². The van der Waals surface area contributed by atoms with Crippen molar-refractivity contribution < 1.29 is 4.42 Å². The summed E-state index contributed by atoms with van der Waals surface area (Å²) >= 11 is 0. The predicted octanol–water partition coefficient (Wildman–Crippen LogP) is 12.0. The molecule has 2 aromatic heterocycles. The molecule has 0 radical (unpaired) electrons. The Balaban J connectivity index is 1.39. The van der Waals surface area contributed by atoms with E-state index in [1.807, 2.05) is 6.07 Å². The van der Waals surface area contributed by atoms with Gasteiger partial charge in [-0.05, 0) is 72.8 Å². The normalized spacial score (nSPS) is 12.4. The van der Waals surface area contributed by atoms with Gasteiger partial charge in [0, 0.05) is 41.1 Å². The van der Waals surface area contributed by atoms with Crippen LogP contribution in [0.3, 0.4) is 0 Å². The van der Waals surface area contributed by atoms with Crippen LogP contribution >= 0.6 is 10.0 Å². The molecule has 0 aliphatic rings. The molecule has 2 heterocycles. The number of hydrogen-bond acceptors (Lipinski definition) is 1. The van der Waals surface area contributed by atoms with Crippen molar-refractivity contribution in [2.24, 2.45) is 0 Å². The summed E-state index contributed by atoms with van der Waals surface area (Å²) in [5, 5.41) is 4.73. The molecule has 0 saturated carbocycles. The van der Waals surface area contributed by atoms with Crippen LogP contribution in [0.25, 0.3) is 49.4 Å². The SMILES string of the molecule is c1ccc(S(c2ccccc2)(c2ccccc2)c2ccc3c(c2)c2ccccc2n3-c2cccc3c2oc2ccccc23)cc1. The lowest BCUT2D eigenvalue weighted by atomic mass is 10.1. The van der Waals surface area contributed by atoms with Crippen molar-refractivity contribution >= 4 is 53.8 Å². The number of nitrogens with zero attached hydrogens (tertiary/aromatic N) is 1. The van der Waals surface area contributed by atoms with Gasteiger partial charge in [-0.15, -0.1) is 10.0 Å². The molecule has 0 bridgehead atoms. The average Bonchev–Trinajstić information content (AvgIpc) is 3.66. The highest BCUT2D eigenvalue weighted by atomic mass is 32.3. The number of para-hydroxylation sites is 3. The second-order valence-electron chi connectivity index (χ2n) is 11.3. The molecule has 0 aliphatic heterocycles. The van der Waals surface area contributed by atoms with E-state index < -0.39 is 10.0 Å². The Morgan fingerprint density at radius 1 is 0.378 bits per heavy atom. The molecule has 0 spiro atoms. The Bertz CT molecular complexity index is 2380. The fourth-order valence-corrected chi connectivity index (χ4v) is 10.9. The van der Waals surface area contributed by atoms with Crippen molar-refractivity contribution in [3.05, 3.63) is 176 Å². The molecule has 0 fully saturated rings. The Morgan fingerprint density at radius 3 is 1.58 bits per heavy atom. The highest BCUT2D eigenvalue weighted by molar-refractivity contribution is 8.34. The minimum Gasteiger partial charge on any atom is -0.454 e. The quantitative estimate of drug-likeness (QED) is 0.194. The Kier molecular flexibility index (Phi) is 5.93. The van der Waals surface area contributed by atoms with Crippen LogP contribution in [0.1, 0.15) is 0 Å². The molecule has 0 atom stereocenters. The number of aromatic nitrogens is 1. The lowest BCUT2D eigenvalue weighted by Crippen LogP contribution is -2.05. The number of rotatable bonds is 5. The van der Waals surface area contributed by atoms with Crippen LogP contribution in [-0.4, -0.2) is 4.57 Å². The largest absolute Gasteiger partial charge is 0.454 e. The first-order valence-corrected chi connectivity index (χ1v) is 16.9. The summed E-state index contributed by atoms with van der Waals surface area (Å²) in [7, 11) is -1.81. The molecule has 9 rings (SSSR count). The van der Waals surface area contributed by atoms with Gasteiger partial charge in [-0.25, -0.2) is 0 Å². The molecule has 214 valence electrons. The third kappa shape index (κ3) is 3.84. The van der Waals surface area contributed by atoms with Gasteiger partial charge in [-0.1, -0.05) is 103 Å². The van der Waals surface area contributed by atoms with Gasteiger partial charge in [-0.2, -0.15) is 0 Å². The molecule has 0 amide bonds. The summed E-state index contributed by atoms with van der Waals surface area (Å²) in [6.07, 6.45) is 0. The molecule has 45 heavy (non-hydrogen) atoms. The van der Waals surface area contributed by atoms with Crippen molar-refractivity contribution in [2.75, 3.05) is 0 Å². The van der Waals surface area contributed by atoms with Gasteiger partial charge >= 0.3 is 0 Å². The highest BCUT2D eigenvalue weighted by Crippen LogP contribution is 2.73. The second kappa shape index (κ2) is 10.3. The van der Waals surface area contributed by atoms with Crippen LogP contribution in [0.4, 0.5) is 0 Å². The van der Waals surface area contributed by atoms with Gasteiger partial charge in [0.15, 0.2) is 5.58 Å². The van der Waals surface area contributed by atoms with Crippen LogP contribution in [0.15, 0.2) is 200 Å². The molecule has 9 aromatic rings. The maximum Gasteiger partial charge on any atom is 0.159 e. The highest BCUT2D eigenvalue weighted by Gasteiger charge is 2.33.